The standard InChI is InChI=1S/C22H25N5O2/c28-22(17-5-6-19-16(11-17)4-2-10-29-19)24-12-15-3-1-9-27(13-15)21-18-7-8-23-20(18)25-14-26-21/h5-8,11,14-15H,1-4,9-10,12-13H2,(H,24,28)(H,23,25,26). The molecule has 0 radical (unpaired) electrons. The minimum atomic E-state index is -0.00874. The van der Waals surface area contributed by atoms with E-state index in [9.17, 15) is 4.79 Å². The second kappa shape index (κ2) is 7.73. The van der Waals surface area contributed by atoms with Gasteiger partial charge in [-0.15, -0.1) is 0 Å². The van der Waals surface area contributed by atoms with Gasteiger partial charge in [0.1, 0.15) is 23.5 Å². The number of hydrogen-bond acceptors (Lipinski definition) is 5. The number of aromatic amines is 1. The summed E-state index contributed by atoms with van der Waals surface area (Å²) in [5.41, 5.74) is 2.71. The van der Waals surface area contributed by atoms with Gasteiger partial charge in [-0.25, -0.2) is 9.97 Å². The average Bonchev–Trinajstić information content (AvgIpc) is 3.26. The van der Waals surface area contributed by atoms with E-state index in [4.69, 9.17) is 4.74 Å². The third-order valence-electron chi connectivity index (χ3n) is 5.87. The fourth-order valence-electron chi connectivity index (χ4n) is 4.38. The van der Waals surface area contributed by atoms with Crippen LogP contribution >= 0.6 is 0 Å². The molecule has 5 rings (SSSR count). The number of aromatic nitrogens is 3. The first-order chi connectivity index (χ1) is 14.3. The number of H-pyrrole nitrogens is 1. The van der Waals surface area contributed by atoms with Crippen LogP contribution in [0.1, 0.15) is 35.2 Å². The normalized spacial score (nSPS) is 18.9. The first-order valence-electron chi connectivity index (χ1n) is 10.3. The topological polar surface area (TPSA) is 83.1 Å². The van der Waals surface area contributed by atoms with Gasteiger partial charge in [0.25, 0.3) is 5.91 Å². The van der Waals surface area contributed by atoms with E-state index in [1.807, 2.05) is 30.5 Å². The number of benzene rings is 1. The maximum absolute atomic E-state index is 12.7. The molecular formula is C22H25N5O2. The van der Waals surface area contributed by atoms with Gasteiger partial charge in [0, 0.05) is 31.4 Å². The van der Waals surface area contributed by atoms with Gasteiger partial charge < -0.3 is 19.9 Å². The van der Waals surface area contributed by atoms with Crippen molar-refractivity contribution in [3.8, 4) is 5.75 Å². The average molecular weight is 391 g/mol. The quantitative estimate of drug-likeness (QED) is 0.715. The Morgan fingerprint density at radius 1 is 1.28 bits per heavy atom. The number of hydrogen-bond donors (Lipinski definition) is 2. The largest absolute Gasteiger partial charge is 0.493 e. The molecular weight excluding hydrogens is 366 g/mol. The van der Waals surface area contributed by atoms with Gasteiger partial charge >= 0.3 is 0 Å². The zero-order valence-electron chi connectivity index (χ0n) is 16.4. The zero-order valence-corrected chi connectivity index (χ0v) is 16.4. The van der Waals surface area contributed by atoms with Crippen molar-refractivity contribution in [1.82, 2.24) is 20.3 Å². The first kappa shape index (κ1) is 18.0. The predicted octanol–water partition coefficient (Wildman–Crippen LogP) is 2.93. The van der Waals surface area contributed by atoms with Crippen LogP contribution in [0.25, 0.3) is 11.0 Å². The summed E-state index contributed by atoms with van der Waals surface area (Å²) in [7, 11) is 0. The Balaban J connectivity index is 1.23. The molecule has 1 aromatic carbocycles. The van der Waals surface area contributed by atoms with Gasteiger partial charge in [-0.2, -0.15) is 0 Å². The molecule has 1 saturated heterocycles. The van der Waals surface area contributed by atoms with Crippen LogP contribution in [0, 0.1) is 5.92 Å². The van der Waals surface area contributed by atoms with Gasteiger partial charge in [0.2, 0.25) is 0 Å². The number of anilines is 1. The number of ether oxygens (including phenoxy) is 1. The molecule has 0 spiro atoms. The lowest BCUT2D eigenvalue weighted by atomic mass is 9.97. The molecule has 2 N–H and O–H groups in total. The van der Waals surface area contributed by atoms with E-state index in [-0.39, 0.29) is 5.91 Å². The van der Waals surface area contributed by atoms with Crippen molar-refractivity contribution in [1.29, 1.82) is 0 Å². The fraction of sp³-hybridized carbons (Fsp3) is 0.409. The Labute approximate surface area is 169 Å². The summed E-state index contributed by atoms with van der Waals surface area (Å²) in [6.07, 6.45) is 7.68. The highest BCUT2D eigenvalue weighted by Gasteiger charge is 2.23. The summed E-state index contributed by atoms with van der Waals surface area (Å²) in [5, 5.41) is 4.18. The van der Waals surface area contributed by atoms with E-state index in [1.54, 1.807) is 6.33 Å². The highest BCUT2D eigenvalue weighted by molar-refractivity contribution is 5.94. The minimum Gasteiger partial charge on any atom is -0.493 e. The Morgan fingerprint density at radius 3 is 3.21 bits per heavy atom. The molecule has 2 aromatic heterocycles. The van der Waals surface area contributed by atoms with Crippen molar-refractivity contribution >= 4 is 22.8 Å². The predicted molar refractivity (Wildman–Crippen MR) is 111 cm³/mol. The molecule has 0 saturated carbocycles. The molecule has 3 aromatic rings. The third kappa shape index (κ3) is 3.64. The highest BCUT2D eigenvalue weighted by Crippen LogP contribution is 2.27. The van der Waals surface area contributed by atoms with Crippen molar-refractivity contribution in [3.63, 3.8) is 0 Å². The zero-order chi connectivity index (χ0) is 19.6. The number of nitrogens with zero attached hydrogens (tertiary/aromatic N) is 3. The summed E-state index contributed by atoms with van der Waals surface area (Å²) < 4.78 is 5.64. The molecule has 1 amide bonds. The molecule has 4 heterocycles. The summed E-state index contributed by atoms with van der Waals surface area (Å²) in [6.45, 7) is 3.30. The van der Waals surface area contributed by atoms with Crippen LogP contribution < -0.4 is 15.0 Å². The highest BCUT2D eigenvalue weighted by atomic mass is 16.5. The van der Waals surface area contributed by atoms with E-state index in [0.717, 1.165) is 73.5 Å². The van der Waals surface area contributed by atoms with Crippen molar-refractivity contribution in [2.45, 2.75) is 25.7 Å². The van der Waals surface area contributed by atoms with Crippen molar-refractivity contribution in [3.05, 3.63) is 47.9 Å². The second-order valence-corrected chi connectivity index (χ2v) is 7.88. The number of piperidine rings is 1. The first-order valence-corrected chi connectivity index (χ1v) is 10.3. The lowest BCUT2D eigenvalue weighted by Gasteiger charge is -2.34. The molecule has 2 aliphatic heterocycles. The van der Waals surface area contributed by atoms with Crippen LogP contribution in [0.4, 0.5) is 5.82 Å². The number of aryl methyl sites for hydroxylation is 1. The van der Waals surface area contributed by atoms with Crippen LogP contribution in [0.2, 0.25) is 0 Å². The van der Waals surface area contributed by atoms with E-state index in [1.165, 1.54) is 0 Å². The van der Waals surface area contributed by atoms with E-state index in [2.05, 4.69) is 25.2 Å². The number of nitrogens with one attached hydrogen (secondary N) is 2. The van der Waals surface area contributed by atoms with Gasteiger partial charge in [-0.05, 0) is 61.4 Å². The fourth-order valence-corrected chi connectivity index (χ4v) is 4.38. The van der Waals surface area contributed by atoms with Crippen molar-refractivity contribution in [2.75, 3.05) is 31.1 Å². The Bertz CT molecular complexity index is 1030. The Hall–Kier alpha value is -3.09. The smallest absolute Gasteiger partial charge is 0.251 e. The molecule has 150 valence electrons. The van der Waals surface area contributed by atoms with Gasteiger partial charge in [0.15, 0.2) is 0 Å². The number of amides is 1. The van der Waals surface area contributed by atoms with Gasteiger partial charge in [-0.3, -0.25) is 4.79 Å². The van der Waals surface area contributed by atoms with E-state index >= 15 is 0 Å². The van der Waals surface area contributed by atoms with Crippen molar-refractivity contribution < 1.29 is 9.53 Å². The maximum atomic E-state index is 12.7. The van der Waals surface area contributed by atoms with Crippen molar-refractivity contribution in [2.24, 2.45) is 5.92 Å². The van der Waals surface area contributed by atoms with Crippen LogP contribution in [-0.4, -0.2) is 47.1 Å². The summed E-state index contributed by atoms with van der Waals surface area (Å²) in [5.74, 6) is 2.28. The second-order valence-electron chi connectivity index (χ2n) is 7.88. The lowest BCUT2D eigenvalue weighted by molar-refractivity contribution is 0.0945. The summed E-state index contributed by atoms with van der Waals surface area (Å²) >= 11 is 0. The molecule has 0 bridgehead atoms. The number of carbonyl (C=O) groups excluding carboxylic acids is 1. The van der Waals surface area contributed by atoms with Crippen LogP contribution in [0.3, 0.4) is 0 Å². The van der Waals surface area contributed by atoms with Gasteiger partial charge in [-0.1, -0.05) is 0 Å². The summed E-state index contributed by atoms with van der Waals surface area (Å²) in [4.78, 5) is 26.9. The molecule has 1 unspecified atom stereocenters. The Kier molecular flexibility index (Phi) is 4.79. The number of rotatable bonds is 4. The molecule has 0 aliphatic carbocycles. The van der Waals surface area contributed by atoms with Crippen LogP contribution in [0.15, 0.2) is 36.8 Å². The molecule has 2 aliphatic rings. The number of carbonyl (C=O) groups is 1. The molecule has 7 nitrogen and oxygen atoms in total. The molecule has 29 heavy (non-hydrogen) atoms. The van der Waals surface area contributed by atoms with Crippen LogP contribution in [0.5, 0.6) is 5.75 Å². The van der Waals surface area contributed by atoms with E-state index in [0.29, 0.717) is 18.0 Å². The third-order valence-corrected chi connectivity index (χ3v) is 5.87. The maximum Gasteiger partial charge on any atom is 0.251 e. The van der Waals surface area contributed by atoms with Gasteiger partial charge in [0.05, 0.1) is 12.0 Å². The van der Waals surface area contributed by atoms with E-state index < -0.39 is 0 Å². The lowest BCUT2D eigenvalue weighted by Crippen LogP contribution is -2.41. The molecule has 1 fully saturated rings. The Morgan fingerprint density at radius 2 is 2.24 bits per heavy atom. The molecule has 7 heteroatoms. The SMILES string of the molecule is O=C(NCC1CCCN(c2ncnc3[nH]ccc23)C1)c1ccc2c(c1)CCCO2. The molecule has 1 atom stereocenters. The monoisotopic (exact) mass is 391 g/mol. The van der Waals surface area contributed by atoms with Crippen LogP contribution in [-0.2, 0) is 6.42 Å². The number of fused-ring (bicyclic) bond motifs is 2. The summed E-state index contributed by atoms with van der Waals surface area (Å²) in [6, 6.07) is 7.77. The minimum absolute atomic E-state index is 0.00874.